The van der Waals surface area contributed by atoms with E-state index in [1.165, 1.54) is 10.9 Å². The van der Waals surface area contributed by atoms with Crippen molar-refractivity contribution in [1.29, 1.82) is 0 Å². The Morgan fingerprint density at radius 3 is 2.68 bits per heavy atom. The van der Waals surface area contributed by atoms with Crippen LogP contribution in [0.25, 0.3) is 10.9 Å². The van der Waals surface area contributed by atoms with Crippen molar-refractivity contribution in [3.05, 3.63) is 36.0 Å². The van der Waals surface area contributed by atoms with Crippen molar-refractivity contribution >= 4 is 16.8 Å². The van der Waals surface area contributed by atoms with Gasteiger partial charge < -0.3 is 15.2 Å². The molecule has 0 unspecified atom stereocenters. The van der Waals surface area contributed by atoms with Gasteiger partial charge in [-0.15, -0.1) is 0 Å². The Morgan fingerprint density at radius 2 is 2.00 bits per heavy atom. The first-order valence-electron chi connectivity index (χ1n) is 6.46. The summed E-state index contributed by atoms with van der Waals surface area (Å²) >= 11 is 0. The van der Waals surface area contributed by atoms with Crippen LogP contribution in [0, 0.1) is 0 Å². The molecule has 0 radical (unpaired) electrons. The third-order valence-corrected chi connectivity index (χ3v) is 3.61. The molecule has 1 aromatic heterocycles. The number of carbonyl (C=O) groups excluding carboxylic acids is 1. The Hall–Kier alpha value is -1.81. The van der Waals surface area contributed by atoms with Crippen LogP contribution in [-0.4, -0.2) is 23.1 Å². The van der Waals surface area contributed by atoms with E-state index < -0.39 is 5.54 Å². The molecule has 0 aliphatic heterocycles. The molecule has 0 spiro atoms. The topological polar surface area (TPSA) is 46.1 Å². The first-order chi connectivity index (χ1) is 8.95. The number of aromatic nitrogens is 1. The molecule has 0 aliphatic rings. The molecule has 0 bridgehead atoms. The lowest BCUT2D eigenvalue weighted by Gasteiger charge is -2.22. The van der Waals surface area contributed by atoms with E-state index >= 15 is 0 Å². The van der Waals surface area contributed by atoms with Gasteiger partial charge in [-0.2, -0.15) is 0 Å². The average Bonchev–Trinajstić information content (AvgIpc) is 2.73. The van der Waals surface area contributed by atoms with Crippen LogP contribution in [0.3, 0.4) is 0 Å². The van der Waals surface area contributed by atoms with Gasteiger partial charge in [-0.25, -0.2) is 0 Å². The molecule has 1 amide bonds. The van der Waals surface area contributed by atoms with Crippen LogP contribution in [0.1, 0.15) is 19.4 Å². The molecule has 1 heterocycles. The summed E-state index contributed by atoms with van der Waals surface area (Å²) in [5, 5.41) is 7.17. The van der Waals surface area contributed by atoms with Crippen LogP contribution in [0.4, 0.5) is 0 Å². The predicted molar refractivity (Wildman–Crippen MR) is 77.9 cm³/mol. The zero-order valence-electron chi connectivity index (χ0n) is 11.9. The minimum atomic E-state index is -0.551. The van der Waals surface area contributed by atoms with Crippen molar-refractivity contribution in [2.45, 2.75) is 25.9 Å². The Morgan fingerprint density at radius 1 is 1.32 bits per heavy atom. The van der Waals surface area contributed by atoms with E-state index in [1.807, 2.05) is 33.0 Å². The molecule has 4 heteroatoms. The van der Waals surface area contributed by atoms with Gasteiger partial charge in [0.15, 0.2) is 0 Å². The van der Waals surface area contributed by atoms with Gasteiger partial charge in [0.25, 0.3) is 0 Å². The number of likely N-dealkylation sites (N-methyl/N-ethyl adjacent to an activating group) is 1. The lowest BCUT2D eigenvalue weighted by Crippen LogP contribution is -2.50. The Kier molecular flexibility index (Phi) is 3.62. The van der Waals surface area contributed by atoms with Gasteiger partial charge in [-0.05, 0) is 32.5 Å². The van der Waals surface area contributed by atoms with Gasteiger partial charge in [-0.3, -0.25) is 4.79 Å². The molecule has 0 saturated heterocycles. The van der Waals surface area contributed by atoms with Crippen molar-refractivity contribution in [2.75, 3.05) is 7.05 Å². The van der Waals surface area contributed by atoms with Crippen molar-refractivity contribution in [1.82, 2.24) is 15.2 Å². The summed E-state index contributed by atoms with van der Waals surface area (Å²) < 4.78 is 2.08. The highest BCUT2D eigenvalue weighted by Gasteiger charge is 2.24. The molecule has 19 heavy (non-hydrogen) atoms. The summed E-state index contributed by atoms with van der Waals surface area (Å²) in [7, 11) is 3.81. The maximum Gasteiger partial charge on any atom is 0.239 e. The molecular formula is C15H21N3O. The van der Waals surface area contributed by atoms with E-state index in [-0.39, 0.29) is 5.91 Å². The van der Waals surface area contributed by atoms with Crippen LogP contribution >= 0.6 is 0 Å². The predicted octanol–water partition coefficient (Wildman–Crippen LogP) is 1.79. The molecule has 102 valence electrons. The third kappa shape index (κ3) is 2.63. The van der Waals surface area contributed by atoms with Gasteiger partial charge >= 0.3 is 0 Å². The number of aryl methyl sites for hydroxylation is 1. The van der Waals surface area contributed by atoms with Crippen molar-refractivity contribution in [3.8, 4) is 0 Å². The smallest absolute Gasteiger partial charge is 0.239 e. The van der Waals surface area contributed by atoms with E-state index in [0.29, 0.717) is 6.54 Å². The molecule has 0 fully saturated rings. The van der Waals surface area contributed by atoms with E-state index in [4.69, 9.17) is 0 Å². The highest BCUT2D eigenvalue weighted by molar-refractivity contribution is 5.87. The number of nitrogens with one attached hydrogen (secondary N) is 2. The second-order valence-electron chi connectivity index (χ2n) is 5.34. The normalized spacial score (nSPS) is 11.8. The molecule has 2 rings (SSSR count). The summed E-state index contributed by atoms with van der Waals surface area (Å²) in [6.07, 6.45) is 2.07. The highest BCUT2D eigenvalue weighted by atomic mass is 16.2. The third-order valence-electron chi connectivity index (χ3n) is 3.61. The largest absolute Gasteiger partial charge is 0.350 e. The zero-order valence-corrected chi connectivity index (χ0v) is 11.9. The lowest BCUT2D eigenvalue weighted by molar-refractivity contribution is -0.126. The van der Waals surface area contributed by atoms with Crippen LogP contribution in [0.15, 0.2) is 30.5 Å². The maximum atomic E-state index is 12.0. The number of fused-ring (bicyclic) bond motifs is 1. The average molecular weight is 259 g/mol. The van der Waals surface area contributed by atoms with Crippen molar-refractivity contribution in [3.63, 3.8) is 0 Å². The molecule has 0 aliphatic carbocycles. The SMILES string of the molecule is CNC(C)(C)C(=O)NCc1cn(C)c2ccccc12. The summed E-state index contributed by atoms with van der Waals surface area (Å²) in [5.74, 6) is 0.00272. The van der Waals surface area contributed by atoms with Crippen LogP contribution in [-0.2, 0) is 18.4 Å². The van der Waals surface area contributed by atoms with Crippen molar-refractivity contribution < 1.29 is 4.79 Å². The highest BCUT2D eigenvalue weighted by Crippen LogP contribution is 2.20. The number of hydrogen-bond acceptors (Lipinski definition) is 2. The Labute approximate surface area is 113 Å². The molecule has 4 nitrogen and oxygen atoms in total. The monoisotopic (exact) mass is 259 g/mol. The van der Waals surface area contributed by atoms with E-state index in [1.54, 1.807) is 7.05 Å². The molecule has 2 aromatic rings. The summed E-state index contributed by atoms with van der Waals surface area (Å²) in [5.41, 5.74) is 1.77. The molecular weight excluding hydrogens is 238 g/mol. The first kappa shape index (κ1) is 13.6. The van der Waals surface area contributed by atoms with Gasteiger partial charge in [0.05, 0.1) is 5.54 Å². The van der Waals surface area contributed by atoms with Crippen LogP contribution in [0.2, 0.25) is 0 Å². The minimum Gasteiger partial charge on any atom is -0.350 e. The quantitative estimate of drug-likeness (QED) is 0.879. The lowest BCUT2D eigenvalue weighted by atomic mass is 10.1. The summed E-state index contributed by atoms with van der Waals surface area (Å²) in [6.45, 7) is 4.28. The fourth-order valence-electron chi connectivity index (χ4n) is 2.08. The molecule has 0 atom stereocenters. The summed E-state index contributed by atoms with van der Waals surface area (Å²) in [4.78, 5) is 12.0. The van der Waals surface area contributed by atoms with Gasteiger partial charge in [0, 0.05) is 30.7 Å². The number of rotatable bonds is 4. The fraction of sp³-hybridized carbons (Fsp3) is 0.400. The molecule has 2 N–H and O–H groups in total. The second kappa shape index (κ2) is 5.05. The second-order valence-corrected chi connectivity index (χ2v) is 5.34. The number of benzene rings is 1. The van der Waals surface area contributed by atoms with Crippen LogP contribution < -0.4 is 10.6 Å². The Bertz CT molecular complexity index is 598. The zero-order chi connectivity index (χ0) is 14.0. The first-order valence-corrected chi connectivity index (χ1v) is 6.46. The summed E-state index contributed by atoms with van der Waals surface area (Å²) in [6, 6.07) is 8.21. The van der Waals surface area contributed by atoms with Gasteiger partial charge in [0.2, 0.25) is 5.91 Å². The van der Waals surface area contributed by atoms with Crippen LogP contribution in [0.5, 0.6) is 0 Å². The minimum absolute atomic E-state index is 0.00272. The number of nitrogens with zero attached hydrogens (tertiary/aromatic N) is 1. The fourth-order valence-corrected chi connectivity index (χ4v) is 2.08. The van der Waals surface area contributed by atoms with E-state index in [2.05, 4.69) is 33.5 Å². The van der Waals surface area contributed by atoms with E-state index in [9.17, 15) is 4.79 Å². The number of carbonyl (C=O) groups is 1. The maximum absolute atomic E-state index is 12.0. The number of para-hydroxylation sites is 1. The number of amides is 1. The van der Waals surface area contributed by atoms with Gasteiger partial charge in [-0.1, -0.05) is 18.2 Å². The molecule has 0 saturated carbocycles. The Balaban J connectivity index is 2.17. The van der Waals surface area contributed by atoms with Crippen molar-refractivity contribution in [2.24, 2.45) is 7.05 Å². The van der Waals surface area contributed by atoms with Gasteiger partial charge in [0.1, 0.15) is 0 Å². The molecule has 1 aromatic carbocycles. The number of hydrogen-bond donors (Lipinski definition) is 2. The standard InChI is InChI=1S/C15H21N3O/c1-15(2,16-3)14(19)17-9-11-10-18(4)13-8-6-5-7-12(11)13/h5-8,10,16H,9H2,1-4H3,(H,17,19). The van der Waals surface area contributed by atoms with E-state index in [0.717, 1.165) is 5.56 Å².